The van der Waals surface area contributed by atoms with Gasteiger partial charge >= 0.3 is 0 Å². The minimum absolute atomic E-state index is 0.296. The fraction of sp³-hybridized carbons (Fsp3) is 0.167. The highest BCUT2D eigenvalue weighted by molar-refractivity contribution is 7.95. The highest BCUT2D eigenvalue weighted by Crippen LogP contribution is 2.20. The van der Waals surface area contributed by atoms with Gasteiger partial charge in [-0.25, -0.2) is 12.8 Å². The monoisotopic (exact) mass is 329 g/mol. The molecule has 0 saturated heterocycles. The Kier molecular flexibility index (Phi) is 4.97. The summed E-state index contributed by atoms with van der Waals surface area (Å²) < 4.78 is 37.8. The predicted molar refractivity (Wildman–Crippen MR) is 88.5 cm³/mol. The average molecular weight is 329 g/mol. The molecule has 118 valence electrons. The van der Waals surface area contributed by atoms with Crippen LogP contribution in [0.15, 0.2) is 47.4 Å². The molecule has 0 amide bonds. The quantitative estimate of drug-likeness (QED) is 0.799. The lowest BCUT2D eigenvalue weighted by Gasteiger charge is -2.06. The molecular weight excluding hydrogens is 313 g/mol. The lowest BCUT2D eigenvalue weighted by atomic mass is 10.1. The first-order valence-corrected chi connectivity index (χ1v) is 8.63. The molecule has 0 aliphatic rings. The predicted octanol–water partition coefficient (Wildman–Crippen LogP) is 3.92. The number of sulfone groups is 1. The van der Waals surface area contributed by atoms with Crippen molar-refractivity contribution in [3.63, 3.8) is 0 Å². The second kappa shape index (κ2) is 6.76. The highest BCUT2D eigenvalue weighted by atomic mass is 32.2. The van der Waals surface area contributed by atoms with Crippen LogP contribution >= 0.6 is 0 Å². The third kappa shape index (κ3) is 4.27. The maximum atomic E-state index is 12.9. The second-order valence-electron chi connectivity index (χ2n) is 5.37. The molecule has 0 fully saturated rings. The van der Waals surface area contributed by atoms with Crippen molar-refractivity contribution in [1.82, 2.24) is 0 Å². The molecule has 2 rings (SSSR count). The Balaban J connectivity index is 2.39. The van der Waals surface area contributed by atoms with Crippen molar-refractivity contribution in [2.45, 2.75) is 19.6 Å². The van der Waals surface area contributed by atoms with E-state index in [1.54, 1.807) is 6.07 Å². The lowest BCUT2D eigenvalue weighted by molar-refractivity contribution is 0.602. The van der Waals surface area contributed by atoms with Crippen molar-refractivity contribution >= 4 is 15.9 Å². The summed E-state index contributed by atoms with van der Waals surface area (Å²) in [7, 11) is -3.79. The van der Waals surface area contributed by atoms with Gasteiger partial charge in [0.05, 0.1) is 5.75 Å². The number of rotatable bonds is 4. The zero-order valence-corrected chi connectivity index (χ0v) is 13.7. The van der Waals surface area contributed by atoms with Crippen molar-refractivity contribution in [1.29, 1.82) is 5.26 Å². The Bertz CT molecular complexity index is 892. The summed E-state index contributed by atoms with van der Waals surface area (Å²) >= 11 is 0. The van der Waals surface area contributed by atoms with Gasteiger partial charge in [-0.15, -0.1) is 0 Å². The van der Waals surface area contributed by atoms with E-state index in [4.69, 9.17) is 0 Å². The van der Waals surface area contributed by atoms with Crippen molar-refractivity contribution in [2.24, 2.45) is 0 Å². The van der Waals surface area contributed by atoms with Crippen molar-refractivity contribution in [3.05, 3.63) is 75.4 Å². The smallest absolute Gasteiger partial charge is 0.192 e. The van der Waals surface area contributed by atoms with Crippen LogP contribution in [0.3, 0.4) is 0 Å². The number of hydrogen-bond acceptors (Lipinski definition) is 3. The minimum Gasteiger partial charge on any atom is -0.223 e. The van der Waals surface area contributed by atoms with Gasteiger partial charge in [0.15, 0.2) is 9.84 Å². The van der Waals surface area contributed by atoms with Crippen LogP contribution in [0.1, 0.15) is 22.3 Å². The second-order valence-corrected chi connectivity index (χ2v) is 7.32. The summed E-state index contributed by atoms with van der Waals surface area (Å²) in [5, 5.41) is 9.25. The van der Waals surface area contributed by atoms with Crippen LogP contribution in [-0.2, 0) is 15.6 Å². The van der Waals surface area contributed by atoms with Gasteiger partial charge in [-0.1, -0.05) is 35.9 Å². The molecule has 2 aromatic rings. The summed E-state index contributed by atoms with van der Waals surface area (Å²) in [6.45, 7) is 3.75. The van der Waals surface area contributed by atoms with E-state index >= 15 is 0 Å². The minimum atomic E-state index is -3.79. The summed E-state index contributed by atoms with van der Waals surface area (Å²) in [4.78, 5) is -0.296. The Morgan fingerprint density at radius 1 is 1.17 bits per heavy atom. The van der Waals surface area contributed by atoms with E-state index in [0.717, 1.165) is 11.1 Å². The first-order valence-electron chi connectivity index (χ1n) is 6.98. The number of allylic oxidation sites excluding steroid dienone is 1. The maximum Gasteiger partial charge on any atom is 0.192 e. The molecule has 0 aliphatic carbocycles. The van der Waals surface area contributed by atoms with E-state index in [9.17, 15) is 18.1 Å². The number of benzene rings is 2. The van der Waals surface area contributed by atoms with Crippen LogP contribution in [-0.4, -0.2) is 8.42 Å². The van der Waals surface area contributed by atoms with Gasteiger partial charge in [0, 0.05) is 0 Å². The highest BCUT2D eigenvalue weighted by Gasteiger charge is 2.19. The lowest BCUT2D eigenvalue weighted by Crippen LogP contribution is -2.06. The summed E-state index contributed by atoms with van der Waals surface area (Å²) in [6.07, 6.45) is 1.39. The molecule has 0 unspecified atom stereocenters. The van der Waals surface area contributed by atoms with Crippen molar-refractivity contribution in [3.8, 4) is 6.07 Å². The SMILES string of the molecule is Cc1ccc(C)c(C=C(C#N)S(=O)(=O)Cc2ccc(F)cc2)c1. The third-order valence-electron chi connectivity index (χ3n) is 3.44. The van der Waals surface area contributed by atoms with Gasteiger partial charge in [-0.05, 0) is 48.7 Å². The summed E-state index contributed by atoms with van der Waals surface area (Å²) in [5.74, 6) is -0.769. The Morgan fingerprint density at radius 2 is 1.83 bits per heavy atom. The maximum absolute atomic E-state index is 12.9. The van der Waals surface area contributed by atoms with Gasteiger partial charge < -0.3 is 0 Å². The van der Waals surface area contributed by atoms with Gasteiger partial charge in [0.1, 0.15) is 16.8 Å². The fourth-order valence-corrected chi connectivity index (χ4v) is 3.36. The zero-order valence-electron chi connectivity index (χ0n) is 12.9. The summed E-state index contributed by atoms with van der Waals surface area (Å²) in [6, 6.07) is 12.6. The van der Waals surface area contributed by atoms with Crippen LogP contribution in [0.2, 0.25) is 0 Å². The molecule has 2 aromatic carbocycles. The largest absolute Gasteiger partial charge is 0.223 e. The van der Waals surface area contributed by atoms with E-state index in [1.165, 1.54) is 30.3 Å². The molecule has 0 heterocycles. The van der Waals surface area contributed by atoms with Gasteiger partial charge in [0.25, 0.3) is 0 Å². The van der Waals surface area contributed by atoms with Crippen molar-refractivity contribution in [2.75, 3.05) is 0 Å². The molecule has 5 heteroatoms. The van der Waals surface area contributed by atoms with Gasteiger partial charge in [-0.2, -0.15) is 5.26 Å². The number of nitriles is 1. The normalized spacial score (nSPS) is 12.0. The average Bonchev–Trinajstić information content (AvgIpc) is 2.50. The molecule has 0 saturated carbocycles. The molecule has 0 radical (unpaired) electrons. The first-order chi connectivity index (χ1) is 10.8. The van der Waals surface area contributed by atoms with Gasteiger partial charge in [0.2, 0.25) is 0 Å². The number of nitrogens with zero attached hydrogens (tertiary/aromatic N) is 1. The Morgan fingerprint density at radius 3 is 2.43 bits per heavy atom. The Hall–Kier alpha value is -2.45. The third-order valence-corrected chi connectivity index (χ3v) is 5.03. The van der Waals surface area contributed by atoms with E-state index < -0.39 is 15.7 Å². The molecular formula is C18H16FNO2S. The molecule has 0 atom stereocenters. The molecule has 0 spiro atoms. The number of aryl methyl sites for hydroxylation is 2. The molecule has 0 N–H and O–H groups in total. The van der Waals surface area contributed by atoms with Crippen LogP contribution in [0.5, 0.6) is 0 Å². The summed E-state index contributed by atoms with van der Waals surface area (Å²) in [5.41, 5.74) is 3.01. The number of hydrogen-bond donors (Lipinski definition) is 0. The zero-order chi connectivity index (χ0) is 17.0. The van der Waals surface area contributed by atoms with Crippen LogP contribution in [0.4, 0.5) is 4.39 Å². The standard InChI is InChI=1S/C18H16FNO2S/c1-13-3-4-14(2)16(9-13)10-18(11-20)23(21,22)12-15-5-7-17(19)8-6-15/h3-10H,12H2,1-2H3. The molecule has 0 bridgehead atoms. The van der Waals surface area contributed by atoms with E-state index in [2.05, 4.69) is 0 Å². The van der Waals surface area contributed by atoms with E-state index in [0.29, 0.717) is 11.1 Å². The van der Waals surface area contributed by atoms with Crippen LogP contribution in [0.25, 0.3) is 6.08 Å². The van der Waals surface area contributed by atoms with E-state index in [1.807, 2.05) is 32.0 Å². The molecule has 3 nitrogen and oxygen atoms in total. The van der Waals surface area contributed by atoms with Crippen LogP contribution in [0, 0.1) is 31.0 Å². The van der Waals surface area contributed by atoms with Crippen molar-refractivity contribution < 1.29 is 12.8 Å². The van der Waals surface area contributed by atoms with E-state index in [-0.39, 0.29) is 10.7 Å². The molecule has 0 aliphatic heterocycles. The fourth-order valence-electron chi connectivity index (χ4n) is 2.13. The Labute approximate surface area is 135 Å². The molecule has 0 aromatic heterocycles. The molecule has 23 heavy (non-hydrogen) atoms. The van der Waals surface area contributed by atoms with Crippen LogP contribution < -0.4 is 0 Å². The van der Waals surface area contributed by atoms with Gasteiger partial charge in [-0.3, -0.25) is 0 Å². The topological polar surface area (TPSA) is 57.9 Å². The first kappa shape index (κ1) is 16.9. The number of halogens is 1.